The van der Waals surface area contributed by atoms with Crippen molar-refractivity contribution in [3.63, 3.8) is 0 Å². The number of rotatable bonds is 3. The molecule has 8 nitrogen and oxygen atoms in total. The number of imide groups is 2. The average Bonchev–Trinajstić information content (AvgIpc) is 3.28. The van der Waals surface area contributed by atoms with Gasteiger partial charge in [-0.25, -0.2) is 13.7 Å². The molecule has 0 N–H and O–H groups in total. The maximum Gasteiger partial charge on any atom is 0.402 e. The highest BCUT2D eigenvalue weighted by Gasteiger charge is 2.55. The lowest BCUT2D eigenvalue weighted by atomic mass is 9.74. The van der Waals surface area contributed by atoms with Gasteiger partial charge in [0, 0.05) is 44.4 Å². The van der Waals surface area contributed by atoms with Gasteiger partial charge in [0.25, 0.3) is 23.6 Å². The van der Waals surface area contributed by atoms with Crippen LogP contribution in [0.1, 0.15) is 87.3 Å². The predicted molar refractivity (Wildman–Crippen MR) is 182 cm³/mol. The first-order valence-corrected chi connectivity index (χ1v) is 16.6. The van der Waals surface area contributed by atoms with Crippen LogP contribution in [-0.2, 0) is 18.5 Å². The summed E-state index contributed by atoms with van der Waals surface area (Å²) in [5, 5.41) is 0. The number of benzene rings is 4. The third-order valence-electron chi connectivity index (χ3n) is 11.3. The minimum Gasteiger partial charge on any atom is -0.363 e. The molecule has 0 aliphatic carbocycles. The van der Waals surface area contributed by atoms with Crippen molar-refractivity contribution in [1.29, 1.82) is 0 Å². The molecule has 0 aromatic heterocycles. The van der Waals surface area contributed by atoms with Gasteiger partial charge in [-0.2, -0.15) is 13.2 Å². The van der Waals surface area contributed by atoms with Gasteiger partial charge in [-0.3, -0.25) is 24.1 Å². The number of halogens is 5. The number of carbonyl (C=O) groups excluding carboxylic acids is 4. The Bertz CT molecular complexity index is 2350. The van der Waals surface area contributed by atoms with Gasteiger partial charge in [-0.15, -0.1) is 0 Å². The molecule has 0 spiro atoms. The highest BCUT2D eigenvalue weighted by atomic mass is 19.4. The maximum atomic E-state index is 16.0. The number of amides is 4. The molecule has 52 heavy (non-hydrogen) atoms. The monoisotopic (exact) mass is 714 g/mol. The number of aryl methyl sites for hydroxylation is 2. The molecule has 0 saturated carbocycles. The van der Waals surface area contributed by atoms with E-state index in [0.717, 1.165) is 57.7 Å². The van der Waals surface area contributed by atoms with Crippen molar-refractivity contribution in [2.45, 2.75) is 52.4 Å². The highest BCUT2D eigenvalue weighted by Crippen LogP contribution is 2.49. The normalized spacial score (nSPS) is 17.7. The van der Waals surface area contributed by atoms with Crippen molar-refractivity contribution >= 4 is 40.7 Å². The molecule has 4 heterocycles. The Labute approximate surface area is 295 Å². The molecule has 13 heteroatoms. The summed E-state index contributed by atoms with van der Waals surface area (Å²) in [6.45, 7) is 6.95. The van der Waals surface area contributed by atoms with Crippen LogP contribution >= 0.6 is 0 Å². The summed E-state index contributed by atoms with van der Waals surface area (Å²) in [6.07, 6.45) is -4.95. The lowest BCUT2D eigenvalue weighted by Crippen LogP contribution is -2.41. The summed E-state index contributed by atoms with van der Waals surface area (Å²) in [5.41, 5.74) is -0.567. The quantitative estimate of drug-likeness (QED) is 0.166. The zero-order chi connectivity index (χ0) is 37.3. The van der Waals surface area contributed by atoms with Crippen LogP contribution < -0.4 is 14.7 Å². The molecule has 0 saturated heterocycles. The van der Waals surface area contributed by atoms with E-state index in [2.05, 4.69) is 0 Å². The standard InChI is InChI=1S/C39H31F5N4O4/c1-18-12-29(40)32-27(20(18)3)16-46-10-11-47(32)17-28-31(19(2)13-30(41)33(28)46)48-36(51)24-9-7-22(15-26(24)37(48)52)38(4,39(42,43)44)21-6-8-23-25(14-21)35(50)45(5)34(23)49/h6-9,12-15H,10-11,16-17H2,1-5H3. The van der Waals surface area contributed by atoms with Crippen molar-refractivity contribution in [1.82, 2.24) is 4.90 Å². The van der Waals surface area contributed by atoms with Crippen LogP contribution in [0.5, 0.6) is 0 Å². The molecule has 2 bridgehead atoms. The Morgan fingerprint density at radius 2 is 1.06 bits per heavy atom. The molecule has 4 aromatic rings. The van der Waals surface area contributed by atoms with Crippen LogP contribution in [0.25, 0.3) is 0 Å². The summed E-state index contributed by atoms with van der Waals surface area (Å²) in [5.74, 6) is -4.07. The second-order valence-corrected chi connectivity index (χ2v) is 14.1. The fourth-order valence-corrected chi connectivity index (χ4v) is 8.17. The number of nitrogens with zero attached hydrogens (tertiary/aromatic N) is 4. The highest BCUT2D eigenvalue weighted by molar-refractivity contribution is 6.35. The number of anilines is 3. The van der Waals surface area contributed by atoms with Crippen molar-refractivity contribution in [2.75, 3.05) is 34.8 Å². The molecule has 4 aliphatic heterocycles. The van der Waals surface area contributed by atoms with Gasteiger partial charge in [0.15, 0.2) is 0 Å². The van der Waals surface area contributed by atoms with Crippen molar-refractivity contribution < 1.29 is 41.1 Å². The number of hydrogen-bond donors (Lipinski definition) is 0. The van der Waals surface area contributed by atoms with E-state index in [1.54, 1.807) is 23.6 Å². The van der Waals surface area contributed by atoms with Gasteiger partial charge in [0.2, 0.25) is 0 Å². The summed E-state index contributed by atoms with van der Waals surface area (Å²) in [6, 6.07) is 9.36. The lowest BCUT2D eigenvalue weighted by molar-refractivity contribution is -0.173. The minimum atomic E-state index is -4.95. The zero-order valence-electron chi connectivity index (χ0n) is 28.8. The van der Waals surface area contributed by atoms with Gasteiger partial charge in [0.05, 0.1) is 39.3 Å². The van der Waals surface area contributed by atoms with Crippen LogP contribution in [0.2, 0.25) is 0 Å². The van der Waals surface area contributed by atoms with Crippen molar-refractivity contribution in [3.05, 3.63) is 121 Å². The number of alkyl halides is 3. The average molecular weight is 715 g/mol. The fourth-order valence-electron chi connectivity index (χ4n) is 8.17. The second-order valence-electron chi connectivity index (χ2n) is 14.1. The molecule has 0 radical (unpaired) electrons. The molecule has 0 fully saturated rings. The largest absolute Gasteiger partial charge is 0.402 e. The Morgan fingerprint density at radius 1 is 0.596 bits per heavy atom. The van der Waals surface area contributed by atoms with Crippen molar-refractivity contribution in [3.8, 4) is 0 Å². The fraction of sp³-hybridized carbons (Fsp3) is 0.282. The smallest absolute Gasteiger partial charge is 0.363 e. The number of carbonyl (C=O) groups is 4. The van der Waals surface area contributed by atoms with E-state index in [0.29, 0.717) is 18.8 Å². The van der Waals surface area contributed by atoms with E-state index in [9.17, 15) is 19.2 Å². The first-order valence-electron chi connectivity index (χ1n) is 16.6. The van der Waals surface area contributed by atoms with Crippen LogP contribution in [0.3, 0.4) is 0 Å². The van der Waals surface area contributed by atoms with E-state index in [1.165, 1.54) is 31.3 Å². The Kier molecular flexibility index (Phi) is 7.07. The van der Waals surface area contributed by atoms with Crippen molar-refractivity contribution in [2.24, 2.45) is 0 Å². The van der Waals surface area contributed by atoms with Crippen LogP contribution in [0, 0.1) is 32.4 Å². The Hall–Kier alpha value is -5.59. The van der Waals surface area contributed by atoms with E-state index in [-0.39, 0.29) is 69.0 Å². The molecular formula is C39H31F5N4O4. The summed E-state index contributed by atoms with van der Waals surface area (Å²) in [4.78, 5) is 58.8. The lowest BCUT2D eigenvalue weighted by Gasteiger charge is -2.33. The summed E-state index contributed by atoms with van der Waals surface area (Å²) >= 11 is 0. The van der Waals surface area contributed by atoms with Crippen LogP contribution in [-0.4, -0.2) is 54.8 Å². The van der Waals surface area contributed by atoms with Crippen LogP contribution in [0.15, 0.2) is 48.5 Å². The third-order valence-corrected chi connectivity index (χ3v) is 11.3. The Morgan fingerprint density at radius 3 is 1.63 bits per heavy atom. The third kappa shape index (κ3) is 4.37. The van der Waals surface area contributed by atoms with Gasteiger partial charge in [0.1, 0.15) is 17.0 Å². The van der Waals surface area contributed by atoms with Gasteiger partial charge < -0.3 is 9.80 Å². The van der Waals surface area contributed by atoms with Gasteiger partial charge in [-0.1, -0.05) is 12.1 Å². The van der Waals surface area contributed by atoms with E-state index in [1.807, 2.05) is 6.92 Å². The van der Waals surface area contributed by atoms with Crippen LogP contribution in [0.4, 0.5) is 39.0 Å². The van der Waals surface area contributed by atoms with E-state index < -0.39 is 46.9 Å². The molecule has 1 atom stereocenters. The minimum absolute atomic E-state index is 0.0202. The summed E-state index contributed by atoms with van der Waals surface area (Å²) < 4.78 is 77.1. The summed E-state index contributed by atoms with van der Waals surface area (Å²) in [7, 11) is 1.24. The van der Waals surface area contributed by atoms with Gasteiger partial charge in [-0.05, 0) is 91.9 Å². The predicted octanol–water partition coefficient (Wildman–Crippen LogP) is 7.12. The number of fused-ring (bicyclic) bond motifs is 9. The first-order chi connectivity index (χ1) is 24.4. The molecule has 4 aromatic carbocycles. The second kappa shape index (κ2) is 11.0. The molecule has 4 aliphatic rings. The molecule has 4 amide bonds. The molecule has 1 unspecified atom stereocenters. The zero-order valence-corrected chi connectivity index (χ0v) is 28.8. The van der Waals surface area contributed by atoms with Gasteiger partial charge >= 0.3 is 6.18 Å². The number of hydrogen-bond acceptors (Lipinski definition) is 6. The Balaban J connectivity index is 1.24. The molecule has 8 rings (SSSR count). The van der Waals surface area contributed by atoms with E-state index >= 15 is 22.0 Å². The first kappa shape index (κ1) is 33.5. The van der Waals surface area contributed by atoms with E-state index in [4.69, 9.17) is 0 Å². The topological polar surface area (TPSA) is 81.2 Å². The molecule has 266 valence electrons. The SMILES string of the molecule is Cc1cc(F)c2c(c1C)CN1CCN2Cc2c1c(F)cc(C)c2N1C(=O)c2ccc(C(C)(c3ccc4c(c3)C(=O)N(C)C4=O)C(F)(F)F)cc2C1=O. The molecular weight excluding hydrogens is 683 g/mol. The maximum absolute atomic E-state index is 16.0.